The van der Waals surface area contributed by atoms with E-state index < -0.39 is 11.7 Å². The molecular formula is C17H13F3N2O. The van der Waals surface area contributed by atoms with E-state index in [0.29, 0.717) is 12.2 Å². The first-order valence-corrected chi connectivity index (χ1v) is 6.89. The van der Waals surface area contributed by atoms with Gasteiger partial charge in [0.15, 0.2) is 0 Å². The summed E-state index contributed by atoms with van der Waals surface area (Å²) in [6.07, 6.45) is -2.92. The predicted octanol–water partition coefficient (Wildman–Crippen LogP) is 3.65. The van der Waals surface area contributed by atoms with Gasteiger partial charge in [-0.1, -0.05) is 12.1 Å². The zero-order chi connectivity index (χ0) is 16.6. The molecule has 0 amide bonds. The Hall–Kier alpha value is -2.76. The Bertz CT molecular complexity index is 912. The summed E-state index contributed by atoms with van der Waals surface area (Å²) in [5.41, 5.74) is 6.03. The van der Waals surface area contributed by atoms with Crippen LogP contribution in [0.1, 0.15) is 11.1 Å². The number of fused-ring (bicyclic) bond motifs is 1. The molecule has 0 aliphatic carbocycles. The molecule has 0 saturated carbocycles. The van der Waals surface area contributed by atoms with E-state index >= 15 is 0 Å². The normalized spacial score (nSPS) is 11.8. The van der Waals surface area contributed by atoms with Crippen LogP contribution < -0.4 is 11.3 Å². The average Bonchev–Trinajstić information content (AvgIpc) is 2.51. The average molecular weight is 318 g/mol. The molecule has 3 nitrogen and oxygen atoms in total. The molecule has 1 heterocycles. The number of halogens is 3. The lowest BCUT2D eigenvalue weighted by Crippen LogP contribution is -2.20. The lowest BCUT2D eigenvalue weighted by Gasteiger charge is -2.10. The van der Waals surface area contributed by atoms with E-state index in [-0.39, 0.29) is 16.3 Å². The van der Waals surface area contributed by atoms with Gasteiger partial charge in [0.2, 0.25) is 0 Å². The first-order chi connectivity index (χ1) is 10.8. The largest absolute Gasteiger partial charge is 0.416 e. The molecule has 0 radical (unpaired) electrons. The van der Waals surface area contributed by atoms with Crippen LogP contribution in [0.5, 0.6) is 0 Å². The van der Waals surface area contributed by atoms with Gasteiger partial charge in [-0.3, -0.25) is 4.79 Å². The molecule has 0 fully saturated rings. The van der Waals surface area contributed by atoms with E-state index in [4.69, 9.17) is 5.73 Å². The van der Waals surface area contributed by atoms with Crippen molar-refractivity contribution in [3.05, 3.63) is 76.2 Å². The number of hydrogen-bond donors (Lipinski definition) is 1. The van der Waals surface area contributed by atoms with Crippen LogP contribution in [0.25, 0.3) is 10.8 Å². The number of aromatic nitrogens is 1. The third-order valence-corrected chi connectivity index (χ3v) is 3.64. The summed E-state index contributed by atoms with van der Waals surface area (Å²) in [7, 11) is 0. The van der Waals surface area contributed by atoms with Crippen LogP contribution in [-0.4, -0.2) is 4.57 Å². The zero-order valence-corrected chi connectivity index (χ0v) is 12.0. The van der Waals surface area contributed by atoms with Crippen LogP contribution in [0.3, 0.4) is 0 Å². The summed E-state index contributed by atoms with van der Waals surface area (Å²) in [5, 5.41) is 0.536. The Morgan fingerprint density at radius 2 is 1.70 bits per heavy atom. The molecule has 0 saturated heterocycles. The molecular weight excluding hydrogens is 305 g/mol. The van der Waals surface area contributed by atoms with Crippen molar-refractivity contribution in [3.8, 4) is 0 Å². The number of anilines is 1. The Morgan fingerprint density at radius 1 is 1.00 bits per heavy atom. The number of pyridine rings is 1. The molecule has 23 heavy (non-hydrogen) atoms. The summed E-state index contributed by atoms with van der Waals surface area (Å²) in [6, 6.07) is 11.7. The summed E-state index contributed by atoms with van der Waals surface area (Å²) in [4.78, 5) is 12.4. The minimum Gasteiger partial charge on any atom is -0.399 e. The van der Waals surface area contributed by atoms with Gasteiger partial charge in [0, 0.05) is 17.3 Å². The van der Waals surface area contributed by atoms with Crippen LogP contribution >= 0.6 is 0 Å². The first-order valence-electron chi connectivity index (χ1n) is 6.89. The van der Waals surface area contributed by atoms with Crippen molar-refractivity contribution in [1.29, 1.82) is 0 Å². The molecule has 0 aliphatic heterocycles. The third-order valence-electron chi connectivity index (χ3n) is 3.64. The van der Waals surface area contributed by atoms with Crippen molar-refractivity contribution in [2.75, 3.05) is 5.73 Å². The number of nitrogens with zero attached hydrogens (tertiary/aromatic N) is 1. The van der Waals surface area contributed by atoms with Crippen molar-refractivity contribution in [2.24, 2.45) is 0 Å². The van der Waals surface area contributed by atoms with Crippen molar-refractivity contribution in [1.82, 2.24) is 4.57 Å². The second kappa shape index (κ2) is 5.46. The van der Waals surface area contributed by atoms with Crippen LogP contribution in [0.4, 0.5) is 18.9 Å². The smallest absolute Gasteiger partial charge is 0.399 e. The van der Waals surface area contributed by atoms with E-state index in [2.05, 4.69) is 0 Å². The Kier molecular flexibility index (Phi) is 3.60. The van der Waals surface area contributed by atoms with Gasteiger partial charge in [-0.25, -0.2) is 0 Å². The number of hydrogen-bond acceptors (Lipinski definition) is 2. The molecule has 2 aromatic carbocycles. The predicted molar refractivity (Wildman–Crippen MR) is 83.2 cm³/mol. The van der Waals surface area contributed by atoms with E-state index in [1.54, 1.807) is 24.3 Å². The van der Waals surface area contributed by atoms with Crippen LogP contribution in [-0.2, 0) is 12.7 Å². The topological polar surface area (TPSA) is 48.0 Å². The molecule has 6 heteroatoms. The summed E-state index contributed by atoms with van der Waals surface area (Å²) >= 11 is 0. The highest BCUT2D eigenvalue weighted by Gasteiger charge is 2.30. The number of nitrogens with two attached hydrogens (primary N) is 1. The lowest BCUT2D eigenvalue weighted by molar-refractivity contribution is -0.137. The van der Waals surface area contributed by atoms with Gasteiger partial charge in [0.25, 0.3) is 5.56 Å². The Balaban J connectivity index is 2.02. The lowest BCUT2D eigenvalue weighted by atomic mass is 10.1. The monoisotopic (exact) mass is 318 g/mol. The molecule has 0 bridgehead atoms. The fourth-order valence-corrected chi connectivity index (χ4v) is 2.41. The molecule has 0 unspecified atom stereocenters. The van der Waals surface area contributed by atoms with Gasteiger partial charge >= 0.3 is 6.18 Å². The minimum absolute atomic E-state index is 0.260. The maximum Gasteiger partial charge on any atom is 0.416 e. The molecule has 3 aromatic rings. The number of nitrogen functional groups attached to an aromatic ring is 1. The molecule has 0 spiro atoms. The Labute approximate surface area is 129 Å². The summed E-state index contributed by atoms with van der Waals surface area (Å²) in [5.74, 6) is 0. The summed E-state index contributed by atoms with van der Waals surface area (Å²) in [6.45, 7) is 0.329. The number of alkyl halides is 3. The van der Waals surface area contributed by atoms with Crippen molar-refractivity contribution in [2.45, 2.75) is 12.7 Å². The SMILES string of the molecule is Nc1ccc(Cn2ccc3cc(C(F)(F)F)ccc3c2=O)cc1. The molecule has 118 valence electrons. The highest BCUT2D eigenvalue weighted by molar-refractivity contribution is 5.82. The van der Waals surface area contributed by atoms with Gasteiger partial charge in [-0.2, -0.15) is 13.2 Å². The molecule has 0 atom stereocenters. The quantitative estimate of drug-likeness (QED) is 0.733. The number of rotatable bonds is 2. The highest BCUT2D eigenvalue weighted by Crippen LogP contribution is 2.30. The van der Waals surface area contributed by atoms with Gasteiger partial charge < -0.3 is 10.3 Å². The van der Waals surface area contributed by atoms with E-state index in [1.807, 2.05) is 0 Å². The number of benzene rings is 2. The summed E-state index contributed by atoms with van der Waals surface area (Å²) < 4.78 is 39.6. The minimum atomic E-state index is -4.42. The van der Waals surface area contributed by atoms with E-state index in [9.17, 15) is 18.0 Å². The van der Waals surface area contributed by atoms with Gasteiger partial charge in [-0.05, 0) is 47.3 Å². The van der Waals surface area contributed by atoms with Gasteiger partial charge in [0.05, 0.1) is 12.1 Å². The Morgan fingerprint density at radius 3 is 2.35 bits per heavy atom. The van der Waals surface area contributed by atoms with Crippen LogP contribution in [0.15, 0.2) is 59.5 Å². The second-order valence-corrected chi connectivity index (χ2v) is 5.29. The molecule has 3 rings (SSSR count). The maximum absolute atomic E-state index is 12.7. The van der Waals surface area contributed by atoms with Gasteiger partial charge in [-0.15, -0.1) is 0 Å². The van der Waals surface area contributed by atoms with Crippen molar-refractivity contribution in [3.63, 3.8) is 0 Å². The molecule has 1 aromatic heterocycles. The third kappa shape index (κ3) is 3.06. The standard InChI is InChI=1S/C17H13F3N2O/c18-17(19,20)13-3-6-15-12(9-13)7-8-22(16(15)23)10-11-1-4-14(21)5-2-11/h1-9H,10,21H2. The zero-order valence-electron chi connectivity index (χ0n) is 12.0. The van der Waals surface area contributed by atoms with Gasteiger partial charge in [0.1, 0.15) is 0 Å². The second-order valence-electron chi connectivity index (χ2n) is 5.29. The fraction of sp³-hybridized carbons (Fsp3) is 0.118. The maximum atomic E-state index is 12.7. The van der Waals surface area contributed by atoms with E-state index in [0.717, 1.165) is 17.7 Å². The van der Waals surface area contributed by atoms with Crippen LogP contribution in [0, 0.1) is 0 Å². The van der Waals surface area contributed by atoms with Crippen LogP contribution in [0.2, 0.25) is 0 Å². The van der Waals surface area contributed by atoms with Crippen molar-refractivity contribution < 1.29 is 13.2 Å². The fourth-order valence-electron chi connectivity index (χ4n) is 2.41. The van der Waals surface area contributed by atoms with Crippen molar-refractivity contribution >= 4 is 16.5 Å². The van der Waals surface area contributed by atoms with E-state index in [1.165, 1.54) is 22.9 Å². The highest BCUT2D eigenvalue weighted by atomic mass is 19.4. The molecule has 0 aliphatic rings. The molecule has 2 N–H and O–H groups in total. The first kappa shape index (κ1) is 15.1.